The lowest BCUT2D eigenvalue weighted by Crippen LogP contribution is -2.15. The van der Waals surface area contributed by atoms with Crippen LogP contribution in [-0.2, 0) is 4.79 Å². The van der Waals surface area contributed by atoms with Crippen LogP contribution in [0.1, 0.15) is 21.7 Å². The molecule has 120 valence electrons. The van der Waals surface area contributed by atoms with E-state index in [1.54, 1.807) is 6.07 Å². The lowest BCUT2D eigenvalue weighted by Gasteiger charge is -2.07. The van der Waals surface area contributed by atoms with Gasteiger partial charge in [0.05, 0.1) is 16.3 Å². The zero-order valence-corrected chi connectivity index (χ0v) is 14.0. The maximum atomic E-state index is 12.0. The fraction of sp³-hybridized carbons (Fsp3) is 0.200. The molecule has 2 N–H and O–H groups in total. The van der Waals surface area contributed by atoms with Crippen molar-refractivity contribution in [3.8, 4) is 0 Å². The summed E-state index contributed by atoms with van der Waals surface area (Å²) in [6.07, 6.45) is 0. The Morgan fingerprint density at radius 1 is 1.22 bits per heavy atom. The first-order chi connectivity index (χ1) is 10.8. The first-order valence-electron chi connectivity index (χ1n) is 6.63. The van der Waals surface area contributed by atoms with Crippen molar-refractivity contribution in [2.75, 3.05) is 11.1 Å². The van der Waals surface area contributed by atoms with Gasteiger partial charge in [-0.1, -0.05) is 23.4 Å². The highest BCUT2D eigenvalue weighted by molar-refractivity contribution is 7.99. The molecule has 6 nitrogen and oxygen atoms in total. The van der Waals surface area contributed by atoms with Gasteiger partial charge in [0.15, 0.2) is 5.16 Å². The molecule has 1 heterocycles. The van der Waals surface area contributed by atoms with E-state index in [0.29, 0.717) is 10.8 Å². The van der Waals surface area contributed by atoms with Crippen LogP contribution in [0.15, 0.2) is 29.4 Å². The summed E-state index contributed by atoms with van der Waals surface area (Å²) in [5.74, 6) is -1.31. The van der Waals surface area contributed by atoms with Gasteiger partial charge in [-0.3, -0.25) is 4.79 Å². The molecule has 0 saturated heterocycles. The van der Waals surface area contributed by atoms with Crippen molar-refractivity contribution >= 4 is 40.9 Å². The molecule has 1 amide bonds. The zero-order chi connectivity index (χ0) is 17.0. The number of carboxylic acids is 1. The summed E-state index contributed by atoms with van der Waals surface area (Å²) in [5.41, 5.74) is 1.99. The molecular formula is C15H14ClN3O3S. The Balaban J connectivity index is 1.99. The van der Waals surface area contributed by atoms with E-state index in [9.17, 15) is 9.59 Å². The first-order valence-corrected chi connectivity index (χ1v) is 7.99. The average molecular weight is 352 g/mol. The molecule has 0 radical (unpaired) electrons. The Kier molecular flexibility index (Phi) is 5.57. The van der Waals surface area contributed by atoms with Gasteiger partial charge in [-0.25, -0.2) is 14.8 Å². The van der Waals surface area contributed by atoms with Gasteiger partial charge in [0.25, 0.3) is 0 Å². The number of carbonyl (C=O) groups excluding carboxylic acids is 1. The number of thioether (sulfide) groups is 1. The average Bonchev–Trinajstić information content (AvgIpc) is 2.46. The topological polar surface area (TPSA) is 92.2 Å². The number of nitrogens with zero attached hydrogens (tertiary/aromatic N) is 2. The van der Waals surface area contributed by atoms with Crippen LogP contribution in [0.2, 0.25) is 5.02 Å². The van der Waals surface area contributed by atoms with Crippen LogP contribution in [0, 0.1) is 13.8 Å². The monoisotopic (exact) mass is 351 g/mol. The Hall–Kier alpha value is -2.12. The summed E-state index contributed by atoms with van der Waals surface area (Å²) in [6.45, 7) is 3.72. The molecule has 23 heavy (non-hydrogen) atoms. The predicted octanol–water partition coefficient (Wildman–Crippen LogP) is 3.18. The highest BCUT2D eigenvalue weighted by atomic mass is 35.5. The molecule has 1 aromatic carbocycles. The number of aryl methyl sites for hydroxylation is 2. The normalized spacial score (nSPS) is 10.4. The van der Waals surface area contributed by atoms with Gasteiger partial charge >= 0.3 is 5.97 Å². The third kappa shape index (κ3) is 4.94. The third-order valence-corrected chi connectivity index (χ3v) is 3.95. The van der Waals surface area contributed by atoms with Crippen LogP contribution >= 0.6 is 23.4 Å². The minimum absolute atomic E-state index is 0.0604. The molecule has 0 atom stereocenters. The van der Waals surface area contributed by atoms with E-state index in [2.05, 4.69) is 15.3 Å². The second-order valence-corrected chi connectivity index (χ2v) is 6.12. The van der Waals surface area contributed by atoms with Crippen molar-refractivity contribution in [1.82, 2.24) is 9.97 Å². The van der Waals surface area contributed by atoms with Crippen LogP contribution in [0.4, 0.5) is 5.69 Å². The number of carboxylic acid groups (broad SMARTS) is 1. The largest absolute Gasteiger partial charge is 0.478 e. The number of hydrogen-bond acceptors (Lipinski definition) is 5. The summed E-state index contributed by atoms with van der Waals surface area (Å²) < 4.78 is 0. The van der Waals surface area contributed by atoms with E-state index in [-0.39, 0.29) is 22.2 Å². The smallest absolute Gasteiger partial charge is 0.337 e. The number of benzene rings is 1. The fourth-order valence-electron chi connectivity index (χ4n) is 1.85. The molecule has 0 spiro atoms. The Morgan fingerprint density at radius 3 is 2.48 bits per heavy atom. The predicted molar refractivity (Wildman–Crippen MR) is 89.3 cm³/mol. The number of amides is 1. The standard InChI is InChI=1S/C15H14ClN3O3S/c1-8-5-9(2)18-15(17-8)23-7-13(20)19-10-3-4-12(16)11(6-10)14(21)22/h3-6H,7H2,1-2H3,(H,19,20)(H,21,22). The van der Waals surface area contributed by atoms with Crippen LogP contribution in [-0.4, -0.2) is 32.7 Å². The van der Waals surface area contributed by atoms with Gasteiger partial charge in [-0.15, -0.1) is 0 Å². The van der Waals surface area contributed by atoms with Crippen molar-refractivity contribution in [2.45, 2.75) is 19.0 Å². The molecule has 0 saturated carbocycles. The molecule has 0 unspecified atom stereocenters. The lowest BCUT2D eigenvalue weighted by molar-refractivity contribution is -0.113. The van der Waals surface area contributed by atoms with Crippen molar-refractivity contribution in [2.24, 2.45) is 0 Å². The summed E-state index contributed by atoms with van der Waals surface area (Å²) >= 11 is 7.00. The number of nitrogens with one attached hydrogen (secondary N) is 1. The Labute approximate surface area is 142 Å². The van der Waals surface area contributed by atoms with E-state index in [0.717, 1.165) is 11.4 Å². The van der Waals surface area contributed by atoms with E-state index in [1.807, 2.05) is 19.9 Å². The second-order valence-electron chi connectivity index (χ2n) is 4.77. The van der Waals surface area contributed by atoms with Crippen LogP contribution in [0.25, 0.3) is 0 Å². The van der Waals surface area contributed by atoms with Crippen molar-refractivity contribution in [3.63, 3.8) is 0 Å². The van der Waals surface area contributed by atoms with Crippen molar-refractivity contribution in [3.05, 3.63) is 46.2 Å². The lowest BCUT2D eigenvalue weighted by atomic mass is 10.2. The van der Waals surface area contributed by atoms with Gasteiger partial charge in [0.2, 0.25) is 5.91 Å². The maximum absolute atomic E-state index is 12.0. The van der Waals surface area contributed by atoms with Gasteiger partial charge in [0, 0.05) is 17.1 Å². The van der Waals surface area contributed by atoms with E-state index in [4.69, 9.17) is 16.7 Å². The summed E-state index contributed by atoms with van der Waals surface area (Å²) in [6, 6.07) is 6.15. The molecular weight excluding hydrogens is 338 g/mol. The Morgan fingerprint density at radius 2 is 1.87 bits per heavy atom. The minimum Gasteiger partial charge on any atom is -0.478 e. The number of rotatable bonds is 5. The van der Waals surface area contributed by atoms with Crippen LogP contribution in [0.3, 0.4) is 0 Å². The van der Waals surface area contributed by atoms with Gasteiger partial charge < -0.3 is 10.4 Å². The maximum Gasteiger partial charge on any atom is 0.337 e. The fourth-order valence-corrected chi connectivity index (χ4v) is 2.80. The molecule has 0 aliphatic carbocycles. The number of hydrogen-bond donors (Lipinski definition) is 2. The van der Waals surface area contributed by atoms with Crippen LogP contribution in [0.5, 0.6) is 0 Å². The second kappa shape index (κ2) is 7.43. The number of aromatic nitrogens is 2. The van der Waals surface area contributed by atoms with E-state index in [1.165, 1.54) is 23.9 Å². The number of aromatic carboxylic acids is 1. The summed E-state index contributed by atoms with van der Waals surface area (Å²) in [5, 5.41) is 12.3. The molecule has 0 aliphatic rings. The van der Waals surface area contributed by atoms with E-state index < -0.39 is 5.97 Å². The highest BCUT2D eigenvalue weighted by Gasteiger charge is 2.11. The van der Waals surface area contributed by atoms with Gasteiger partial charge in [-0.2, -0.15) is 0 Å². The quantitative estimate of drug-likeness (QED) is 0.635. The molecule has 0 fully saturated rings. The van der Waals surface area contributed by atoms with Crippen molar-refractivity contribution < 1.29 is 14.7 Å². The molecule has 2 aromatic rings. The zero-order valence-electron chi connectivity index (χ0n) is 12.5. The number of halogens is 1. The third-order valence-electron chi connectivity index (χ3n) is 2.77. The molecule has 8 heteroatoms. The number of carbonyl (C=O) groups is 2. The SMILES string of the molecule is Cc1cc(C)nc(SCC(=O)Nc2ccc(Cl)c(C(=O)O)c2)n1. The molecule has 1 aromatic heterocycles. The molecule has 2 rings (SSSR count). The highest BCUT2D eigenvalue weighted by Crippen LogP contribution is 2.21. The van der Waals surface area contributed by atoms with E-state index >= 15 is 0 Å². The summed E-state index contributed by atoms with van der Waals surface area (Å²) in [7, 11) is 0. The summed E-state index contributed by atoms with van der Waals surface area (Å²) in [4.78, 5) is 31.4. The molecule has 0 bridgehead atoms. The Bertz CT molecular complexity index is 747. The number of anilines is 1. The first kappa shape index (κ1) is 17.2. The van der Waals surface area contributed by atoms with Crippen LogP contribution < -0.4 is 5.32 Å². The van der Waals surface area contributed by atoms with Gasteiger partial charge in [0.1, 0.15) is 0 Å². The van der Waals surface area contributed by atoms with Gasteiger partial charge in [-0.05, 0) is 38.1 Å². The molecule has 0 aliphatic heterocycles. The van der Waals surface area contributed by atoms with Crippen molar-refractivity contribution in [1.29, 1.82) is 0 Å². The minimum atomic E-state index is -1.15.